The molecule has 0 saturated heterocycles. The molecule has 4 heteroatoms. The monoisotopic (exact) mass is 232 g/mol. The van der Waals surface area contributed by atoms with Gasteiger partial charge in [-0.3, -0.25) is 0 Å². The Hall–Kier alpha value is -1.97. The average Bonchev–Trinajstić information content (AvgIpc) is 2.36. The lowest BCUT2D eigenvalue weighted by atomic mass is 10.1. The van der Waals surface area contributed by atoms with Gasteiger partial charge in [0.2, 0.25) is 0 Å². The molecule has 1 heterocycles. The van der Waals surface area contributed by atoms with Crippen molar-refractivity contribution < 1.29 is 9.47 Å². The molecular weight excluding hydrogens is 216 g/mol. The van der Waals surface area contributed by atoms with Crippen molar-refractivity contribution in [3.63, 3.8) is 0 Å². The second-order valence-electron chi connectivity index (χ2n) is 3.81. The zero-order valence-electron chi connectivity index (χ0n) is 10.5. The topological polar surface area (TPSA) is 43.4 Å². The lowest BCUT2D eigenvalue weighted by Crippen LogP contribution is -1.98. The zero-order valence-corrected chi connectivity index (χ0v) is 10.5. The van der Waals surface area contributed by atoms with E-state index in [1.807, 2.05) is 26.1 Å². The van der Waals surface area contributed by atoms with E-state index in [1.54, 1.807) is 14.2 Å². The summed E-state index contributed by atoms with van der Waals surface area (Å²) in [7, 11) is 5.13. The maximum absolute atomic E-state index is 5.34. The number of aryl methyl sites for hydroxylation is 1. The molecule has 1 aromatic heterocycles. The minimum Gasteiger partial charge on any atom is -0.497 e. The van der Waals surface area contributed by atoms with E-state index in [4.69, 9.17) is 9.47 Å². The van der Waals surface area contributed by atoms with Crippen LogP contribution in [0.2, 0.25) is 0 Å². The number of pyridine rings is 1. The third-order valence-electron chi connectivity index (χ3n) is 2.74. The first kappa shape index (κ1) is 11.5. The van der Waals surface area contributed by atoms with Gasteiger partial charge in [0.1, 0.15) is 22.8 Å². The first-order valence-electron chi connectivity index (χ1n) is 5.40. The average molecular weight is 232 g/mol. The maximum Gasteiger partial charge on any atom is 0.148 e. The Morgan fingerprint density at radius 3 is 2.47 bits per heavy atom. The minimum atomic E-state index is 0.718. The number of rotatable bonds is 3. The molecule has 1 N–H and O–H groups in total. The van der Waals surface area contributed by atoms with Gasteiger partial charge in [-0.25, -0.2) is 4.98 Å². The van der Waals surface area contributed by atoms with Gasteiger partial charge in [0, 0.05) is 18.5 Å². The highest BCUT2D eigenvalue weighted by atomic mass is 16.5. The largest absolute Gasteiger partial charge is 0.497 e. The molecule has 0 spiro atoms. The molecule has 0 atom stereocenters. The Labute approximate surface area is 101 Å². The number of nitrogens with one attached hydrogen (secondary N) is 1. The molecule has 0 radical (unpaired) electrons. The summed E-state index contributed by atoms with van der Waals surface area (Å²) in [6, 6.07) is 5.86. The smallest absolute Gasteiger partial charge is 0.148 e. The molecule has 1 aromatic carbocycles. The van der Waals surface area contributed by atoms with Crippen LogP contribution < -0.4 is 14.8 Å². The van der Waals surface area contributed by atoms with Crippen molar-refractivity contribution in [2.24, 2.45) is 0 Å². The fourth-order valence-electron chi connectivity index (χ4n) is 1.86. The summed E-state index contributed by atoms with van der Waals surface area (Å²) >= 11 is 0. The molecule has 4 nitrogen and oxygen atoms in total. The highest BCUT2D eigenvalue weighted by Crippen LogP contribution is 2.31. The number of fused-ring (bicyclic) bond motifs is 1. The Balaban J connectivity index is 2.75. The fourth-order valence-corrected chi connectivity index (χ4v) is 1.86. The van der Waals surface area contributed by atoms with Gasteiger partial charge in [0.15, 0.2) is 0 Å². The molecule has 2 aromatic rings. The van der Waals surface area contributed by atoms with Crippen LogP contribution in [0.15, 0.2) is 18.2 Å². The third-order valence-corrected chi connectivity index (χ3v) is 2.74. The van der Waals surface area contributed by atoms with Crippen molar-refractivity contribution in [1.29, 1.82) is 0 Å². The van der Waals surface area contributed by atoms with Gasteiger partial charge in [-0.2, -0.15) is 0 Å². The van der Waals surface area contributed by atoms with E-state index in [0.717, 1.165) is 33.8 Å². The fraction of sp³-hybridized carbons (Fsp3) is 0.308. The molecule has 90 valence electrons. The maximum atomic E-state index is 5.34. The van der Waals surface area contributed by atoms with E-state index in [0.29, 0.717) is 0 Å². The van der Waals surface area contributed by atoms with E-state index in [9.17, 15) is 0 Å². The van der Waals surface area contributed by atoms with Crippen molar-refractivity contribution in [1.82, 2.24) is 4.98 Å². The molecule has 0 unspecified atom stereocenters. The number of anilines is 1. The van der Waals surface area contributed by atoms with Crippen LogP contribution in [0.1, 0.15) is 5.56 Å². The number of hydrogen-bond acceptors (Lipinski definition) is 4. The second-order valence-corrected chi connectivity index (χ2v) is 3.81. The van der Waals surface area contributed by atoms with E-state index in [-0.39, 0.29) is 0 Å². The molecular formula is C13H16N2O2. The lowest BCUT2D eigenvalue weighted by molar-refractivity contribution is 0.397. The molecule has 0 aliphatic rings. The SMILES string of the molecule is CNc1nc2c(OC)cc(OC)cc2cc1C. The summed E-state index contributed by atoms with van der Waals surface area (Å²) in [5.74, 6) is 2.35. The van der Waals surface area contributed by atoms with Crippen LogP contribution >= 0.6 is 0 Å². The standard InChI is InChI=1S/C13H16N2O2/c1-8-5-9-6-10(16-3)7-11(17-4)12(9)15-13(8)14-2/h5-7H,1-4H3,(H,14,15). The van der Waals surface area contributed by atoms with Crippen LogP contribution in [0.3, 0.4) is 0 Å². The summed E-state index contributed by atoms with van der Waals surface area (Å²) in [6.07, 6.45) is 0. The number of hydrogen-bond donors (Lipinski definition) is 1. The summed E-state index contributed by atoms with van der Waals surface area (Å²) in [5.41, 5.74) is 1.93. The normalized spacial score (nSPS) is 10.4. The van der Waals surface area contributed by atoms with Crippen LogP contribution in [-0.2, 0) is 0 Å². The van der Waals surface area contributed by atoms with Crippen LogP contribution in [0.25, 0.3) is 10.9 Å². The van der Waals surface area contributed by atoms with Crippen LogP contribution in [0.4, 0.5) is 5.82 Å². The lowest BCUT2D eigenvalue weighted by Gasteiger charge is -2.11. The Kier molecular flexibility index (Phi) is 3.04. The van der Waals surface area contributed by atoms with Gasteiger partial charge in [-0.05, 0) is 24.6 Å². The summed E-state index contributed by atoms with van der Waals surface area (Å²) in [5, 5.41) is 4.08. The highest BCUT2D eigenvalue weighted by Gasteiger charge is 2.09. The van der Waals surface area contributed by atoms with E-state index in [1.165, 1.54) is 0 Å². The predicted octanol–water partition coefficient (Wildman–Crippen LogP) is 2.60. The van der Waals surface area contributed by atoms with Crippen LogP contribution in [-0.4, -0.2) is 26.3 Å². The highest BCUT2D eigenvalue weighted by molar-refractivity contribution is 5.88. The third kappa shape index (κ3) is 1.98. The number of nitrogens with zero attached hydrogens (tertiary/aromatic N) is 1. The van der Waals surface area contributed by atoms with Crippen molar-refractivity contribution in [3.8, 4) is 11.5 Å². The Morgan fingerprint density at radius 1 is 1.12 bits per heavy atom. The van der Waals surface area contributed by atoms with Gasteiger partial charge in [-0.15, -0.1) is 0 Å². The Bertz CT molecular complexity index is 553. The van der Waals surface area contributed by atoms with Gasteiger partial charge >= 0.3 is 0 Å². The second kappa shape index (κ2) is 4.49. The molecule has 17 heavy (non-hydrogen) atoms. The quantitative estimate of drug-likeness (QED) is 0.883. The molecule has 0 fully saturated rings. The number of aromatic nitrogens is 1. The van der Waals surface area contributed by atoms with Crippen molar-refractivity contribution in [2.45, 2.75) is 6.92 Å². The summed E-state index contributed by atoms with van der Waals surface area (Å²) in [4.78, 5) is 4.55. The molecule has 0 aliphatic carbocycles. The predicted molar refractivity (Wildman–Crippen MR) is 69.1 cm³/mol. The van der Waals surface area contributed by atoms with Crippen molar-refractivity contribution in [3.05, 3.63) is 23.8 Å². The zero-order chi connectivity index (χ0) is 12.4. The molecule has 0 bridgehead atoms. The molecule has 0 amide bonds. The van der Waals surface area contributed by atoms with E-state index >= 15 is 0 Å². The van der Waals surface area contributed by atoms with Gasteiger partial charge in [0.25, 0.3) is 0 Å². The van der Waals surface area contributed by atoms with Gasteiger partial charge < -0.3 is 14.8 Å². The van der Waals surface area contributed by atoms with Crippen LogP contribution in [0.5, 0.6) is 11.5 Å². The van der Waals surface area contributed by atoms with Crippen LogP contribution in [0, 0.1) is 6.92 Å². The van der Waals surface area contributed by atoms with Gasteiger partial charge in [0.05, 0.1) is 14.2 Å². The molecule has 0 saturated carbocycles. The number of ether oxygens (including phenoxy) is 2. The summed E-state index contributed by atoms with van der Waals surface area (Å²) < 4.78 is 10.6. The number of benzene rings is 1. The van der Waals surface area contributed by atoms with Crippen molar-refractivity contribution >= 4 is 16.7 Å². The number of methoxy groups -OCH3 is 2. The Morgan fingerprint density at radius 2 is 1.88 bits per heavy atom. The van der Waals surface area contributed by atoms with E-state index < -0.39 is 0 Å². The van der Waals surface area contributed by atoms with Gasteiger partial charge in [-0.1, -0.05) is 0 Å². The first-order valence-corrected chi connectivity index (χ1v) is 5.40. The summed E-state index contributed by atoms with van der Waals surface area (Å²) in [6.45, 7) is 2.02. The molecule has 0 aliphatic heterocycles. The minimum absolute atomic E-state index is 0.718. The van der Waals surface area contributed by atoms with E-state index in [2.05, 4.69) is 16.4 Å². The molecule has 2 rings (SSSR count). The first-order chi connectivity index (χ1) is 8.19. The van der Waals surface area contributed by atoms with Crippen molar-refractivity contribution in [2.75, 3.05) is 26.6 Å².